The van der Waals surface area contributed by atoms with Crippen LogP contribution < -0.4 is 5.73 Å². The first kappa shape index (κ1) is 25.2. The highest BCUT2D eigenvalue weighted by atomic mass is 32.1. The van der Waals surface area contributed by atoms with Crippen molar-refractivity contribution in [2.24, 2.45) is 11.7 Å². The molecule has 0 aliphatic heterocycles. The second kappa shape index (κ2) is 17.2. The van der Waals surface area contributed by atoms with Crippen molar-refractivity contribution in [3.8, 4) is 11.8 Å². The molecule has 0 saturated heterocycles. The van der Waals surface area contributed by atoms with Crippen molar-refractivity contribution in [3.63, 3.8) is 0 Å². The summed E-state index contributed by atoms with van der Waals surface area (Å²) < 4.78 is 5.52. The molecule has 0 aromatic heterocycles. The fourth-order valence-electron chi connectivity index (χ4n) is 0.759. The van der Waals surface area contributed by atoms with Crippen molar-refractivity contribution in [1.29, 1.82) is 0 Å². The van der Waals surface area contributed by atoms with E-state index < -0.39 is 0 Å². The van der Waals surface area contributed by atoms with Crippen LogP contribution in [0.25, 0.3) is 0 Å². The molecule has 0 aromatic rings. The molecule has 0 radical (unpaired) electrons. The minimum Gasteiger partial charge on any atom is -0.355 e. The molecular formula is C16H37NOS2. The molecule has 0 aliphatic rings. The lowest BCUT2D eigenvalue weighted by Gasteiger charge is -2.08. The molecule has 1 atom stereocenters. The third kappa shape index (κ3) is 42.9. The van der Waals surface area contributed by atoms with Crippen LogP contribution in [0.1, 0.15) is 62.7 Å². The Morgan fingerprint density at radius 2 is 1.70 bits per heavy atom. The average Bonchev–Trinajstić information content (AvgIpc) is 2.32. The molecule has 0 rings (SSSR count). The van der Waals surface area contributed by atoms with Gasteiger partial charge in [-0.15, -0.1) is 12.6 Å². The fourth-order valence-corrected chi connectivity index (χ4v) is 1.02. The lowest BCUT2D eigenvalue weighted by atomic mass is 10.2. The zero-order valence-corrected chi connectivity index (χ0v) is 16.2. The SMILES string of the molecule is CC.CC(C)(C)S.CC(C)C#CCOC(S)CCCN.[HH]. The van der Waals surface area contributed by atoms with Gasteiger partial charge < -0.3 is 10.5 Å². The highest BCUT2D eigenvalue weighted by Gasteiger charge is 1.99. The van der Waals surface area contributed by atoms with E-state index in [4.69, 9.17) is 10.5 Å². The summed E-state index contributed by atoms with van der Waals surface area (Å²) in [5.41, 5.74) is 5.33. The molecule has 0 bridgehead atoms. The third-order valence-corrected chi connectivity index (χ3v) is 1.80. The number of nitrogens with two attached hydrogens (primary N) is 1. The summed E-state index contributed by atoms with van der Waals surface area (Å²) >= 11 is 8.37. The number of hydrogen-bond donors (Lipinski definition) is 3. The van der Waals surface area contributed by atoms with Crippen molar-refractivity contribution in [1.82, 2.24) is 0 Å². The molecule has 0 fully saturated rings. The minimum atomic E-state index is -0.0231. The van der Waals surface area contributed by atoms with E-state index in [1.165, 1.54) is 0 Å². The normalized spacial score (nSPS) is 11.3. The Labute approximate surface area is 139 Å². The maximum absolute atomic E-state index is 5.35. The monoisotopic (exact) mass is 323 g/mol. The summed E-state index contributed by atoms with van der Waals surface area (Å²) in [4.78, 5) is 0. The number of thiol groups is 2. The van der Waals surface area contributed by atoms with Gasteiger partial charge in [0.1, 0.15) is 12.0 Å². The van der Waals surface area contributed by atoms with Gasteiger partial charge in [-0.25, -0.2) is 0 Å². The van der Waals surface area contributed by atoms with Crippen LogP contribution in [0.15, 0.2) is 0 Å². The summed E-state index contributed by atoms with van der Waals surface area (Å²) in [7, 11) is 0. The molecule has 4 heteroatoms. The summed E-state index contributed by atoms with van der Waals surface area (Å²) in [6.07, 6.45) is 1.84. The highest BCUT2D eigenvalue weighted by molar-refractivity contribution is 7.81. The van der Waals surface area contributed by atoms with E-state index in [-0.39, 0.29) is 11.6 Å². The van der Waals surface area contributed by atoms with E-state index in [9.17, 15) is 0 Å². The zero-order chi connectivity index (χ0) is 16.6. The van der Waals surface area contributed by atoms with Crippen LogP contribution in [0.5, 0.6) is 0 Å². The topological polar surface area (TPSA) is 35.2 Å². The standard InChI is InChI=1S/C10H19NOS.C4H10S.C2H6.H2/c1-9(2)5-4-8-12-10(13)6-3-7-11;1-4(2,3)5;1-2;/h9-10,13H,3,6-8,11H2,1-2H3;5H,1-3H3;1-2H3;1H. The predicted molar refractivity (Wildman–Crippen MR) is 102 cm³/mol. The van der Waals surface area contributed by atoms with Gasteiger partial charge in [0.25, 0.3) is 0 Å². The largest absolute Gasteiger partial charge is 0.355 e. The van der Waals surface area contributed by atoms with E-state index in [1.54, 1.807) is 0 Å². The first-order valence-electron chi connectivity index (χ1n) is 7.37. The fraction of sp³-hybridized carbons (Fsp3) is 0.875. The molecule has 0 aliphatic carbocycles. The van der Waals surface area contributed by atoms with Crippen LogP contribution in [-0.2, 0) is 4.74 Å². The lowest BCUT2D eigenvalue weighted by Crippen LogP contribution is -2.09. The van der Waals surface area contributed by atoms with Crippen molar-refractivity contribution >= 4 is 25.3 Å². The maximum Gasteiger partial charge on any atom is 0.109 e. The van der Waals surface area contributed by atoms with Crippen LogP contribution in [0.3, 0.4) is 0 Å². The third-order valence-electron chi connectivity index (χ3n) is 1.39. The Hall–Kier alpha value is 0.180. The zero-order valence-electron chi connectivity index (χ0n) is 14.4. The van der Waals surface area contributed by atoms with E-state index in [1.807, 2.05) is 13.8 Å². The number of rotatable bonds is 5. The molecule has 0 spiro atoms. The Balaban J connectivity index is -0.000000153. The molecule has 0 aromatic carbocycles. The van der Waals surface area contributed by atoms with Gasteiger partial charge in [0, 0.05) is 12.1 Å². The van der Waals surface area contributed by atoms with Crippen LogP contribution in [0, 0.1) is 17.8 Å². The van der Waals surface area contributed by atoms with E-state index in [0.717, 1.165) is 12.8 Å². The average molecular weight is 324 g/mol. The smallest absolute Gasteiger partial charge is 0.109 e. The van der Waals surface area contributed by atoms with Gasteiger partial charge in [0.2, 0.25) is 0 Å². The number of hydrogen-bond acceptors (Lipinski definition) is 4. The van der Waals surface area contributed by atoms with Crippen LogP contribution in [-0.4, -0.2) is 23.3 Å². The van der Waals surface area contributed by atoms with Gasteiger partial charge in [0.05, 0.1) is 0 Å². The lowest BCUT2D eigenvalue weighted by molar-refractivity contribution is 0.137. The van der Waals surface area contributed by atoms with Crippen molar-refractivity contribution in [2.45, 2.75) is 71.5 Å². The summed E-state index contributed by atoms with van der Waals surface area (Å²) in [5.74, 6) is 6.37. The molecule has 20 heavy (non-hydrogen) atoms. The minimum absolute atomic E-state index is 0. The molecule has 1 unspecified atom stereocenters. The predicted octanol–water partition coefficient (Wildman–Crippen LogP) is 4.64. The molecule has 0 heterocycles. The van der Waals surface area contributed by atoms with Crippen molar-refractivity contribution in [3.05, 3.63) is 0 Å². The van der Waals surface area contributed by atoms with Crippen molar-refractivity contribution < 1.29 is 6.16 Å². The Morgan fingerprint density at radius 1 is 1.25 bits per heavy atom. The summed E-state index contributed by atoms with van der Waals surface area (Å²) in [6, 6.07) is 0. The van der Waals surface area contributed by atoms with Crippen LogP contribution >= 0.6 is 25.3 Å². The van der Waals surface area contributed by atoms with E-state index in [2.05, 4.69) is 71.7 Å². The van der Waals surface area contributed by atoms with Gasteiger partial charge in [-0.2, -0.15) is 12.6 Å². The van der Waals surface area contributed by atoms with Gasteiger partial charge in [-0.05, 0) is 19.4 Å². The molecule has 0 amide bonds. The maximum atomic E-state index is 5.35. The first-order valence-corrected chi connectivity index (χ1v) is 8.33. The van der Waals surface area contributed by atoms with E-state index in [0.29, 0.717) is 19.1 Å². The first-order chi connectivity index (χ1) is 9.16. The second-order valence-corrected chi connectivity index (χ2v) is 7.26. The molecule has 2 nitrogen and oxygen atoms in total. The van der Waals surface area contributed by atoms with Crippen LogP contribution in [0.4, 0.5) is 0 Å². The molecule has 0 saturated carbocycles. The number of ether oxygens (including phenoxy) is 1. The highest BCUT2D eigenvalue weighted by Crippen LogP contribution is 2.07. The van der Waals surface area contributed by atoms with Gasteiger partial charge in [-0.1, -0.05) is 60.3 Å². The quantitative estimate of drug-likeness (QED) is 0.391. The van der Waals surface area contributed by atoms with Gasteiger partial charge in [0.15, 0.2) is 0 Å². The molecular weight excluding hydrogens is 286 g/mol. The Morgan fingerprint density at radius 3 is 2.05 bits per heavy atom. The summed E-state index contributed by atoms with van der Waals surface area (Å²) in [5, 5.41) is 0. The van der Waals surface area contributed by atoms with E-state index >= 15 is 0 Å². The second-order valence-electron chi connectivity index (χ2n) is 5.34. The molecule has 124 valence electrons. The Bertz CT molecular complexity index is 239. The Kier molecular flexibility index (Phi) is 21.7. The van der Waals surface area contributed by atoms with Crippen molar-refractivity contribution in [2.75, 3.05) is 13.2 Å². The van der Waals surface area contributed by atoms with Gasteiger partial charge >= 0.3 is 0 Å². The van der Waals surface area contributed by atoms with Crippen LogP contribution in [0.2, 0.25) is 0 Å². The molecule has 2 N–H and O–H groups in total. The summed E-state index contributed by atoms with van der Waals surface area (Å²) in [6.45, 7) is 15.4. The van der Waals surface area contributed by atoms with Gasteiger partial charge in [-0.3, -0.25) is 0 Å².